The maximum absolute atomic E-state index is 2.92. The number of benzene rings is 3. The molecule has 1 aliphatic carbocycles. The SMILES string of the molecule is CC1=C[C](C)([Zr]([CH2]c2ccccc2)([CH2]c2ccccc2)[CH2]c2ccccc2)C=C1. The number of hydrogen-bond acceptors (Lipinski definition) is 0. The molecule has 0 heterocycles. The first kappa shape index (κ1) is 20.3. The van der Waals surface area contributed by atoms with Gasteiger partial charge < -0.3 is 0 Å². The van der Waals surface area contributed by atoms with Gasteiger partial charge in [-0.25, -0.2) is 0 Å². The first-order chi connectivity index (χ1) is 14.1. The molecule has 1 atom stereocenters. The summed E-state index contributed by atoms with van der Waals surface area (Å²) in [7, 11) is 0. The molecule has 29 heavy (non-hydrogen) atoms. The Balaban J connectivity index is 1.84. The Kier molecular flexibility index (Phi) is 6.16. The fourth-order valence-electron chi connectivity index (χ4n) is 4.92. The van der Waals surface area contributed by atoms with Crippen LogP contribution in [0.3, 0.4) is 0 Å². The van der Waals surface area contributed by atoms with Gasteiger partial charge in [0.05, 0.1) is 0 Å². The number of allylic oxidation sites excluding steroid dienone is 4. The van der Waals surface area contributed by atoms with Crippen molar-refractivity contribution in [3.8, 4) is 0 Å². The van der Waals surface area contributed by atoms with Gasteiger partial charge in [0.1, 0.15) is 0 Å². The molecule has 0 nitrogen and oxygen atoms in total. The molecule has 1 aliphatic rings. The average Bonchev–Trinajstić information content (AvgIpc) is 3.10. The summed E-state index contributed by atoms with van der Waals surface area (Å²) in [6, 6.07) is 33.6. The monoisotopic (exact) mass is 456 g/mol. The molecule has 0 aliphatic heterocycles. The third-order valence-corrected chi connectivity index (χ3v) is 20.9. The first-order valence-electron chi connectivity index (χ1n) is 10.6. The Bertz CT molecular complexity index is 885. The molecule has 0 amide bonds. The van der Waals surface area contributed by atoms with Gasteiger partial charge >= 0.3 is 181 Å². The van der Waals surface area contributed by atoms with Crippen LogP contribution in [0.1, 0.15) is 30.5 Å². The van der Waals surface area contributed by atoms with Crippen LogP contribution in [-0.2, 0) is 32.7 Å². The molecule has 0 fully saturated rings. The van der Waals surface area contributed by atoms with E-state index < -0.39 is 20.3 Å². The zero-order chi connectivity index (χ0) is 20.2. The molecule has 0 N–H and O–H groups in total. The molecule has 3 aromatic carbocycles. The van der Waals surface area contributed by atoms with Crippen molar-refractivity contribution in [1.82, 2.24) is 0 Å². The van der Waals surface area contributed by atoms with Crippen molar-refractivity contribution in [2.45, 2.75) is 29.4 Å². The van der Waals surface area contributed by atoms with Crippen LogP contribution in [0.15, 0.2) is 115 Å². The van der Waals surface area contributed by atoms with Gasteiger partial charge in [-0.1, -0.05) is 0 Å². The van der Waals surface area contributed by atoms with Crippen molar-refractivity contribution in [3.63, 3.8) is 0 Å². The van der Waals surface area contributed by atoms with Gasteiger partial charge in [0.25, 0.3) is 0 Å². The van der Waals surface area contributed by atoms with Crippen LogP contribution in [0.2, 0.25) is 3.12 Å². The van der Waals surface area contributed by atoms with Crippen molar-refractivity contribution < 1.29 is 20.3 Å². The van der Waals surface area contributed by atoms with Crippen molar-refractivity contribution in [3.05, 3.63) is 131 Å². The second-order valence-electron chi connectivity index (χ2n) is 8.77. The normalized spacial score (nSPS) is 18.6. The Morgan fingerprint density at radius 1 is 0.621 bits per heavy atom. The molecule has 1 heteroatoms. The predicted octanol–water partition coefficient (Wildman–Crippen LogP) is 7.44. The van der Waals surface area contributed by atoms with E-state index >= 15 is 0 Å². The standard InChI is InChI=1S/C7H9.3C7H7.Zr/c1-6-3-4-7(2)5-6;3*1-7-5-3-2-4-6-7;/h3-5H,1-2H3;3*2-6H,1H2;. The summed E-state index contributed by atoms with van der Waals surface area (Å²) in [5.41, 5.74) is 5.93. The first-order valence-corrected chi connectivity index (χ1v) is 17.0. The van der Waals surface area contributed by atoms with Gasteiger partial charge in [-0.15, -0.1) is 0 Å². The molecule has 146 valence electrons. The Labute approximate surface area is 180 Å². The van der Waals surface area contributed by atoms with Crippen molar-refractivity contribution >= 4 is 0 Å². The van der Waals surface area contributed by atoms with E-state index in [4.69, 9.17) is 0 Å². The van der Waals surface area contributed by atoms with Crippen molar-refractivity contribution in [2.24, 2.45) is 0 Å². The van der Waals surface area contributed by atoms with Crippen LogP contribution in [0, 0.1) is 0 Å². The third-order valence-electron chi connectivity index (χ3n) is 6.52. The van der Waals surface area contributed by atoms with E-state index in [1.165, 1.54) is 34.6 Å². The molecule has 0 aromatic heterocycles. The van der Waals surface area contributed by atoms with Gasteiger partial charge in [-0.3, -0.25) is 0 Å². The minimum absolute atomic E-state index is 0.209. The number of rotatable bonds is 7. The van der Waals surface area contributed by atoms with Gasteiger partial charge in [0, 0.05) is 0 Å². The average molecular weight is 458 g/mol. The Morgan fingerprint density at radius 3 is 1.31 bits per heavy atom. The third kappa shape index (κ3) is 4.62. The molecular weight excluding hydrogens is 428 g/mol. The summed E-state index contributed by atoms with van der Waals surface area (Å²) in [5, 5.41) is 0. The summed E-state index contributed by atoms with van der Waals surface area (Å²) in [6.07, 6.45) is 7.47. The van der Waals surface area contributed by atoms with Crippen LogP contribution in [0.4, 0.5) is 0 Å². The molecule has 3 aromatic rings. The van der Waals surface area contributed by atoms with E-state index in [2.05, 4.69) is 123 Å². The molecule has 0 bridgehead atoms. The van der Waals surface area contributed by atoms with E-state index in [1.807, 2.05) is 0 Å². The molecule has 1 unspecified atom stereocenters. The summed E-state index contributed by atoms with van der Waals surface area (Å²) in [5.74, 6) is 0. The van der Waals surface area contributed by atoms with Crippen LogP contribution in [0.25, 0.3) is 0 Å². The van der Waals surface area contributed by atoms with Gasteiger partial charge in [-0.05, 0) is 0 Å². The fraction of sp³-hybridized carbons (Fsp3) is 0.214. The topological polar surface area (TPSA) is 0 Å². The van der Waals surface area contributed by atoms with E-state index in [-0.39, 0.29) is 3.12 Å². The molecule has 0 saturated heterocycles. The second-order valence-corrected chi connectivity index (χ2v) is 20.3. The van der Waals surface area contributed by atoms with Gasteiger partial charge in [0.2, 0.25) is 0 Å². The van der Waals surface area contributed by atoms with Crippen LogP contribution in [0.5, 0.6) is 0 Å². The fourth-order valence-corrected chi connectivity index (χ4v) is 18.5. The zero-order valence-corrected chi connectivity index (χ0v) is 20.0. The second kappa shape index (κ2) is 8.80. The number of hydrogen-bond donors (Lipinski definition) is 0. The van der Waals surface area contributed by atoms with E-state index in [0.29, 0.717) is 0 Å². The molecular formula is C28H30Zr. The minimum atomic E-state index is -2.92. The van der Waals surface area contributed by atoms with Gasteiger partial charge in [0.15, 0.2) is 0 Å². The summed E-state index contributed by atoms with van der Waals surface area (Å²) < 4.78 is 3.97. The quantitative estimate of drug-likeness (QED) is 0.346. The molecule has 4 rings (SSSR count). The van der Waals surface area contributed by atoms with Crippen LogP contribution >= 0.6 is 0 Å². The van der Waals surface area contributed by atoms with Crippen molar-refractivity contribution in [2.75, 3.05) is 0 Å². The maximum atomic E-state index is 2.58. The Morgan fingerprint density at radius 2 is 1.00 bits per heavy atom. The summed E-state index contributed by atoms with van der Waals surface area (Å²) >= 11 is -2.92. The molecule has 0 saturated carbocycles. The predicted molar refractivity (Wildman–Crippen MR) is 122 cm³/mol. The van der Waals surface area contributed by atoms with Gasteiger partial charge in [-0.2, -0.15) is 0 Å². The zero-order valence-electron chi connectivity index (χ0n) is 17.5. The van der Waals surface area contributed by atoms with Crippen LogP contribution in [-0.4, -0.2) is 0 Å². The summed E-state index contributed by atoms with van der Waals surface area (Å²) in [6.45, 7) is 4.77. The molecule has 0 spiro atoms. The van der Waals surface area contributed by atoms with E-state index in [9.17, 15) is 0 Å². The summed E-state index contributed by atoms with van der Waals surface area (Å²) in [4.78, 5) is 0. The molecule has 0 radical (unpaired) electrons. The Hall–Kier alpha value is -1.98. The van der Waals surface area contributed by atoms with Crippen molar-refractivity contribution in [1.29, 1.82) is 0 Å². The van der Waals surface area contributed by atoms with E-state index in [0.717, 1.165) is 0 Å². The van der Waals surface area contributed by atoms with Crippen LogP contribution < -0.4 is 0 Å². The van der Waals surface area contributed by atoms with E-state index in [1.54, 1.807) is 0 Å².